The molecule has 0 aliphatic heterocycles. The molecule has 0 aromatic heterocycles. The first kappa shape index (κ1) is 18.0. The second-order valence-corrected chi connectivity index (χ2v) is 7.37. The van der Waals surface area contributed by atoms with E-state index in [9.17, 15) is 13.2 Å². The normalized spacial score (nSPS) is 11.4. The van der Waals surface area contributed by atoms with Crippen LogP contribution < -0.4 is 11.1 Å². The molecule has 0 saturated carbocycles. The number of ether oxygens (including phenoxy) is 1. The monoisotopic (exact) mass is 354 g/mol. The SMILES string of the molecule is COCCCS(=O)(=O)CC(=O)Nc1c(N)cc(Cl)cc1Cl. The van der Waals surface area contributed by atoms with E-state index < -0.39 is 21.5 Å². The van der Waals surface area contributed by atoms with Crippen LogP contribution in [0.2, 0.25) is 10.0 Å². The van der Waals surface area contributed by atoms with E-state index in [-0.39, 0.29) is 22.2 Å². The zero-order chi connectivity index (χ0) is 16.0. The molecule has 1 rings (SSSR count). The highest BCUT2D eigenvalue weighted by molar-refractivity contribution is 7.92. The minimum atomic E-state index is -3.51. The summed E-state index contributed by atoms with van der Waals surface area (Å²) in [5.74, 6) is -1.48. The number of halogens is 2. The molecule has 1 aromatic carbocycles. The first-order valence-corrected chi connectivity index (χ1v) is 8.56. The van der Waals surface area contributed by atoms with E-state index in [0.29, 0.717) is 18.1 Å². The molecule has 9 heteroatoms. The van der Waals surface area contributed by atoms with Crippen LogP contribution in [0.4, 0.5) is 11.4 Å². The number of sulfone groups is 1. The molecule has 0 aliphatic carbocycles. The van der Waals surface area contributed by atoms with Gasteiger partial charge in [0, 0.05) is 18.7 Å². The van der Waals surface area contributed by atoms with Crippen LogP contribution in [0.25, 0.3) is 0 Å². The van der Waals surface area contributed by atoms with Crippen molar-refractivity contribution in [2.24, 2.45) is 0 Å². The molecule has 21 heavy (non-hydrogen) atoms. The lowest BCUT2D eigenvalue weighted by Crippen LogP contribution is -2.25. The lowest BCUT2D eigenvalue weighted by Gasteiger charge is -2.11. The van der Waals surface area contributed by atoms with Crippen molar-refractivity contribution in [1.82, 2.24) is 0 Å². The Hall–Kier alpha value is -1.02. The molecule has 0 heterocycles. The number of anilines is 2. The summed E-state index contributed by atoms with van der Waals surface area (Å²) < 4.78 is 28.2. The van der Waals surface area contributed by atoms with Gasteiger partial charge in [0.1, 0.15) is 5.75 Å². The van der Waals surface area contributed by atoms with Crippen molar-refractivity contribution >= 4 is 50.3 Å². The molecule has 1 amide bonds. The van der Waals surface area contributed by atoms with Crippen LogP contribution >= 0.6 is 23.2 Å². The average Bonchev–Trinajstić information content (AvgIpc) is 2.33. The van der Waals surface area contributed by atoms with Gasteiger partial charge in [-0.2, -0.15) is 0 Å². The number of nitrogens with two attached hydrogens (primary N) is 1. The number of hydrogen-bond acceptors (Lipinski definition) is 5. The van der Waals surface area contributed by atoms with Crippen LogP contribution in [0, 0.1) is 0 Å². The minimum Gasteiger partial charge on any atom is -0.397 e. The number of nitrogens with one attached hydrogen (secondary N) is 1. The highest BCUT2D eigenvalue weighted by Crippen LogP contribution is 2.31. The molecule has 1 aromatic rings. The Bertz CT molecular complexity index is 597. The molecule has 0 fully saturated rings. The fourth-order valence-corrected chi connectivity index (χ4v) is 3.33. The molecule has 0 unspecified atom stereocenters. The Morgan fingerprint density at radius 3 is 2.62 bits per heavy atom. The van der Waals surface area contributed by atoms with Crippen LogP contribution in [0.1, 0.15) is 6.42 Å². The molecule has 0 aliphatic rings. The molecule has 0 atom stereocenters. The summed E-state index contributed by atoms with van der Waals surface area (Å²) in [4.78, 5) is 11.8. The fourth-order valence-electron chi connectivity index (χ4n) is 1.60. The van der Waals surface area contributed by atoms with Gasteiger partial charge >= 0.3 is 0 Å². The predicted molar refractivity (Wildman–Crippen MR) is 84.7 cm³/mol. The van der Waals surface area contributed by atoms with Gasteiger partial charge in [-0.1, -0.05) is 23.2 Å². The third kappa shape index (κ3) is 6.09. The molecule has 0 radical (unpaired) electrons. The van der Waals surface area contributed by atoms with Gasteiger partial charge in [-0.05, 0) is 18.6 Å². The Kier molecular flexibility index (Phi) is 6.73. The number of carbonyl (C=O) groups is 1. The molecule has 0 spiro atoms. The minimum absolute atomic E-state index is 0.127. The highest BCUT2D eigenvalue weighted by Gasteiger charge is 2.18. The number of methoxy groups -OCH3 is 1. The number of nitrogen functional groups attached to an aromatic ring is 1. The van der Waals surface area contributed by atoms with E-state index in [1.165, 1.54) is 19.2 Å². The summed E-state index contributed by atoms with van der Waals surface area (Å²) >= 11 is 11.7. The summed E-state index contributed by atoms with van der Waals surface area (Å²) in [6, 6.07) is 2.82. The smallest absolute Gasteiger partial charge is 0.239 e. The van der Waals surface area contributed by atoms with E-state index in [1.807, 2.05) is 0 Å². The van der Waals surface area contributed by atoms with Crippen molar-refractivity contribution in [2.75, 3.05) is 36.3 Å². The summed E-state index contributed by atoms with van der Waals surface area (Å²) in [5, 5.41) is 2.85. The van der Waals surface area contributed by atoms with Gasteiger partial charge in [0.2, 0.25) is 5.91 Å². The van der Waals surface area contributed by atoms with Gasteiger partial charge in [-0.15, -0.1) is 0 Å². The molecule has 3 N–H and O–H groups in total. The molecule has 0 saturated heterocycles. The zero-order valence-electron chi connectivity index (χ0n) is 11.4. The maximum atomic E-state index is 11.8. The van der Waals surface area contributed by atoms with E-state index in [4.69, 9.17) is 33.7 Å². The van der Waals surface area contributed by atoms with Crippen LogP contribution in [0.5, 0.6) is 0 Å². The third-order valence-electron chi connectivity index (χ3n) is 2.50. The number of rotatable bonds is 7. The molecular weight excluding hydrogens is 339 g/mol. The Morgan fingerprint density at radius 2 is 2.05 bits per heavy atom. The zero-order valence-corrected chi connectivity index (χ0v) is 13.7. The van der Waals surface area contributed by atoms with E-state index >= 15 is 0 Å². The third-order valence-corrected chi connectivity index (χ3v) is 4.63. The first-order chi connectivity index (χ1) is 9.75. The van der Waals surface area contributed by atoms with Crippen molar-refractivity contribution < 1.29 is 17.9 Å². The average molecular weight is 355 g/mol. The lowest BCUT2D eigenvalue weighted by molar-refractivity contribution is -0.113. The van der Waals surface area contributed by atoms with Gasteiger partial charge in [0.05, 0.1) is 22.2 Å². The van der Waals surface area contributed by atoms with Crippen LogP contribution in [0.15, 0.2) is 12.1 Å². The Labute approximate surface area is 133 Å². The largest absolute Gasteiger partial charge is 0.397 e. The molecule has 0 bridgehead atoms. The highest BCUT2D eigenvalue weighted by atomic mass is 35.5. The van der Waals surface area contributed by atoms with Gasteiger partial charge < -0.3 is 15.8 Å². The number of hydrogen-bond donors (Lipinski definition) is 2. The maximum Gasteiger partial charge on any atom is 0.239 e. The quantitative estimate of drug-likeness (QED) is 0.576. The van der Waals surface area contributed by atoms with Crippen molar-refractivity contribution in [3.05, 3.63) is 22.2 Å². The topological polar surface area (TPSA) is 98.5 Å². The van der Waals surface area contributed by atoms with E-state index in [0.717, 1.165) is 0 Å². The fraction of sp³-hybridized carbons (Fsp3) is 0.417. The summed E-state index contributed by atoms with van der Waals surface area (Å²) in [6.07, 6.45) is 0.329. The number of amides is 1. The van der Waals surface area contributed by atoms with E-state index in [2.05, 4.69) is 5.32 Å². The van der Waals surface area contributed by atoms with Crippen LogP contribution in [-0.2, 0) is 19.4 Å². The number of benzene rings is 1. The standard InChI is InChI=1S/C12H16Cl2N2O4S/c1-20-3-2-4-21(18,19)7-11(17)16-12-9(14)5-8(13)6-10(12)15/h5-6H,2-4,7,15H2,1H3,(H,16,17). The van der Waals surface area contributed by atoms with Crippen molar-refractivity contribution in [3.63, 3.8) is 0 Å². The predicted octanol–water partition coefficient (Wildman–Crippen LogP) is 1.97. The summed E-state index contributed by atoms with van der Waals surface area (Å²) in [5.41, 5.74) is 6.00. The number of carbonyl (C=O) groups excluding carboxylic acids is 1. The Balaban J connectivity index is 2.70. The molecule has 118 valence electrons. The van der Waals surface area contributed by atoms with Crippen LogP contribution in [-0.4, -0.2) is 39.5 Å². The van der Waals surface area contributed by atoms with E-state index in [1.54, 1.807) is 0 Å². The van der Waals surface area contributed by atoms with Crippen molar-refractivity contribution in [2.45, 2.75) is 6.42 Å². The van der Waals surface area contributed by atoms with Gasteiger partial charge in [-0.3, -0.25) is 4.79 Å². The van der Waals surface area contributed by atoms with Gasteiger partial charge in [-0.25, -0.2) is 8.42 Å². The van der Waals surface area contributed by atoms with Gasteiger partial charge in [0.25, 0.3) is 0 Å². The lowest BCUT2D eigenvalue weighted by atomic mass is 10.2. The first-order valence-electron chi connectivity index (χ1n) is 5.99. The maximum absolute atomic E-state index is 11.8. The molecular formula is C12H16Cl2N2O4S. The van der Waals surface area contributed by atoms with Crippen molar-refractivity contribution in [3.8, 4) is 0 Å². The van der Waals surface area contributed by atoms with Crippen LogP contribution in [0.3, 0.4) is 0 Å². The molecule has 6 nitrogen and oxygen atoms in total. The second-order valence-electron chi connectivity index (χ2n) is 4.34. The van der Waals surface area contributed by atoms with Crippen molar-refractivity contribution in [1.29, 1.82) is 0 Å². The summed E-state index contributed by atoms with van der Waals surface area (Å²) in [7, 11) is -2.03. The van der Waals surface area contributed by atoms with Gasteiger partial charge in [0.15, 0.2) is 9.84 Å². The Morgan fingerprint density at radius 1 is 1.38 bits per heavy atom. The second kappa shape index (κ2) is 7.84. The summed E-state index contributed by atoms with van der Waals surface area (Å²) in [6.45, 7) is 0.316.